The molecule has 2 aliphatic rings. The van der Waals surface area contributed by atoms with Crippen molar-refractivity contribution in [1.82, 2.24) is 10.6 Å². The summed E-state index contributed by atoms with van der Waals surface area (Å²) >= 11 is 6.25. The minimum absolute atomic E-state index is 0.0948. The van der Waals surface area contributed by atoms with Gasteiger partial charge in [0.1, 0.15) is 0 Å². The zero-order valence-electron chi connectivity index (χ0n) is 13.6. The standard InChI is InChI=1S/2C9H9NO.2BrH.Zn/c2*11-9(8-6-10-8)7-4-2-1-3-5-7;;;/h2*1-5,8,10H,6H2;2*1H;/q;;;;+2/p-2. The van der Waals surface area contributed by atoms with Gasteiger partial charge in [0.15, 0.2) is 11.6 Å². The second-order valence-corrected chi connectivity index (χ2v) is 19.6. The van der Waals surface area contributed by atoms with Crippen LogP contribution < -0.4 is 10.6 Å². The van der Waals surface area contributed by atoms with E-state index in [4.69, 9.17) is 0 Å². The molecule has 0 amide bonds. The molecule has 4 nitrogen and oxygen atoms in total. The van der Waals surface area contributed by atoms with Gasteiger partial charge >= 0.3 is 40.5 Å². The molecule has 2 atom stereocenters. The Balaban J connectivity index is 0.000000156. The number of Topliss-reactive ketones (excluding diaryl/α,β-unsaturated/α-hetero) is 2. The first kappa shape index (κ1) is 20.6. The molecule has 2 saturated heterocycles. The molecule has 0 radical (unpaired) electrons. The summed E-state index contributed by atoms with van der Waals surface area (Å²) in [7, 11) is 0. The van der Waals surface area contributed by atoms with Gasteiger partial charge in [0.05, 0.1) is 12.1 Å². The van der Waals surface area contributed by atoms with Gasteiger partial charge in [0.25, 0.3) is 0 Å². The quantitative estimate of drug-likeness (QED) is 0.369. The molecule has 128 valence electrons. The van der Waals surface area contributed by atoms with Gasteiger partial charge in [-0.3, -0.25) is 9.59 Å². The van der Waals surface area contributed by atoms with Crippen LogP contribution in [0.15, 0.2) is 60.7 Å². The van der Waals surface area contributed by atoms with Crippen molar-refractivity contribution in [3.8, 4) is 0 Å². The van der Waals surface area contributed by atoms with E-state index in [2.05, 4.69) is 37.9 Å². The molecule has 2 unspecified atom stereocenters. The van der Waals surface area contributed by atoms with E-state index in [0.717, 1.165) is 24.2 Å². The Labute approximate surface area is 168 Å². The first-order chi connectivity index (χ1) is 12.2. The molecule has 2 N–H and O–H groups in total. The molecule has 2 heterocycles. The predicted molar refractivity (Wildman–Crippen MR) is 103 cm³/mol. The summed E-state index contributed by atoms with van der Waals surface area (Å²) in [6.07, 6.45) is 0. The van der Waals surface area contributed by atoms with Crippen LogP contribution in [0, 0.1) is 0 Å². The van der Waals surface area contributed by atoms with Crippen molar-refractivity contribution in [2.45, 2.75) is 12.1 Å². The SMILES string of the molecule is O=C(c1ccccc1)C1CN1.O=C(c1ccccc1)C1CN1.[Br][Zn][Br]. The third kappa shape index (κ3) is 7.59. The summed E-state index contributed by atoms with van der Waals surface area (Å²) in [5.74, 6) is 0.427. The van der Waals surface area contributed by atoms with Crippen LogP contribution in [0.1, 0.15) is 20.7 Å². The van der Waals surface area contributed by atoms with Crippen LogP contribution in [0.25, 0.3) is 0 Å². The van der Waals surface area contributed by atoms with Crippen LogP contribution in [0.2, 0.25) is 0 Å². The van der Waals surface area contributed by atoms with Crippen LogP contribution in [0.4, 0.5) is 0 Å². The number of carbonyl (C=O) groups is 2. The van der Waals surface area contributed by atoms with E-state index in [1.807, 2.05) is 60.7 Å². The Morgan fingerprint density at radius 2 is 1.04 bits per heavy atom. The van der Waals surface area contributed by atoms with Crippen molar-refractivity contribution in [2.75, 3.05) is 13.1 Å². The number of hydrogen-bond donors (Lipinski definition) is 2. The van der Waals surface area contributed by atoms with E-state index in [1.165, 1.54) is 0 Å². The normalized spacial score (nSPS) is 19.1. The number of hydrogen-bond acceptors (Lipinski definition) is 4. The van der Waals surface area contributed by atoms with Crippen molar-refractivity contribution in [3.05, 3.63) is 71.8 Å². The molecule has 0 saturated carbocycles. The van der Waals surface area contributed by atoms with Crippen LogP contribution in [0.5, 0.6) is 0 Å². The minimum atomic E-state index is -0.250. The van der Waals surface area contributed by atoms with Crippen molar-refractivity contribution < 1.29 is 22.8 Å². The van der Waals surface area contributed by atoms with Crippen LogP contribution in [-0.4, -0.2) is 36.7 Å². The van der Waals surface area contributed by atoms with E-state index in [-0.39, 0.29) is 36.9 Å². The monoisotopic (exact) mass is 516 g/mol. The summed E-state index contributed by atoms with van der Waals surface area (Å²) in [6, 6.07) is 19.0. The summed E-state index contributed by atoms with van der Waals surface area (Å²) in [6.45, 7) is 1.68. The average Bonchev–Trinajstić information content (AvgIpc) is 3.55. The average molecular weight is 520 g/mol. The number of halogens is 2. The van der Waals surface area contributed by atoms with E-state index in [0.29, 0.717) is 0 Å². The fraction of sp³-hybridized carbons (Fsp3) is 0.222. The molecule has 2 fully saturated rings. The zero-order chi connectivity index (χ0) is 18.1. The third-order valence-electron chi connectivity index (χ3n) is 3.57. The van der Waals surface area contributed by atoms with Gasteiger partial charge in [-0.05, 0) is 0 Å². The number of carbonyl (C=O) groups excluding carboxylic acids is 2. The molecular formula is C18H18Br2N2O2Zn. The maximum absolute atomic E-state index is 11.3. The molecule has 0 aliphatic carbocycles. The van der Waals surface area contributed by atoms with Gasteiger partial charge in [-0.15, -0.1) is 0 Å². The van der Waals surface area contributed by atoms with Gasteiger partial charge in [0.2, 0.25) is 0 Å². The molecule has 0 aromatic heterocycles. The summed E-state index contributed by atoms with van der Waals surface area (Å²) in [5, 5.41) is 5.97. The second-order valence-electron chi connectivity index (χ2n) is 5.48. The van der Waals surface area contributed by atoms with Crippen molar-refractivity contribution in [3.63, 3.8) is 0 Å². The molecule has 4 rings (SSSR count). The van der Waals surface area contributed by atoms with E-state index >= 15 is 0 Å². The third-order valence-corrected chi connectivity index (χ3v) is 3.57. The fourth-order valence-corrected chi connectivity index (χ4v) is 2.10. The Bertz CT molecular complexity index is 618. The number of ketones is 2. The van der Waals surface area contributed by atoms with Crippen LogP contribution in [0.3, 0.4) is 0 Å². The Hall–Kier alpha value is -0.717. The number of nitrogens with one attached hydrogen (secondary N) is 2. The molecule has 2 aliphatic heterocycles. The molecule has 0 bridgehead atoms. The van der Waals surface area contributed by atoms with Crippen LogP contribution in [-0.2, 0) is 13.2 Å². The molecular weight excluding hydrogens is 501 g/mol. The van der Waals surface area contributed by atoms with E-state index < -0.39 is 0 Å². The Morgan fingerprint density at radius 3 is 1.28 bits per heavy atom. The second kappa shape index (κ2) is 11.1. The van der Waals surface area contributed by atoms with Crippen molar-refractivity contribution >= 4 is 38.8 Å². The predicted octanol–water partition coefficient (Wildman–Crippen LogP) is 3.37. The van der Waals surface area contributed by atoms with E-state index in [1.54, 1.807) is 0 Å². The number of rotatable bonds is 4. The maximum atomic E-state index is 11.3. The first-order valence-electron chi connectivity index (χ1n) is 7.94. The summed E-state index contributed by atoms with van der Waals surface area (Å²) in [5.41, 5.74) is 1.62. The van der Waals surface area contributed by atoms with Crippen molar-refractivity contribution in [2.24, 2.45) is 0 Å². The van der Waals surface area contributed by atoms with Crippen LogP contribution >= 0.6 is 27.2 Å². The summed E-state index contributed by atoms with van der Waals surface area (Å²) < 4.78 is 0. The topological polar surface area (TPSA) is 78.0 Å². The molecule has 0 spiro atoms. The summed E-state index contributed by atoms with van der Waals surface area (Å²) in [4.78, 5) is 22.7. The van der Waals surface area contributed by atoms with Gasteiger partial charge in [-0.2, -0.15) is 0 Å². The Morgan fingerprint density at radius 1 is 0.760 bits per heavy atom. The van der Waals surface area contributed by atoms with Gasteiger partial charge < -0.3 is 10.6 Å². The van der Waals surface area contributed by atoms with Gasteiger partial charge in [-0.25, -0.2) is 0 Å². The zero-order valence-corrected chi connectivity index (χ0v) is 19.8. The molecule has 25 heavy (non-hydrogen) atoms. The molecule has 7 heteroatoms. The fourth-order valence-electron chi connectivity index (χ4n) is 2.10. The van der Waals surface area contributed by atoms with Gasteiger partial charge in [0, 0.05) is 24.2 Å². The molecule has 2 aromatic rings. The van der Waals surface area contributed by atoms with Crippen molar-refractivity contribution in [1.29, 1.82) is 0 Å². The number of benzene rings is 2. The first-order valence-corrected chi connectivity index (χ1v) is 21.8. The molecule has 2 aromatic carbocycles. The Kier molecular flexibility index (Phi) is 9.14. The van der Waals surface area contributed by atoms with Gasteiger partial charge in [-0.1, -0.05) is 60.7 Å². The van der Waals surface area contributed by atoms with E-state index in [9.17, 15) is 9.59 Å².